The Morgan fingerprint density at radius 2 is 0.979 bits per heavy atom. The fraction of sp³-hybridized carbons (Fsp3) is 0.105. The van der Waals surface area contributed by atoms with Crippen LogP contribution in [0, 0.1) is 13.8 Å². The van der Waals surface area contributed by atoms with Gasteiger partial charge in [0.05, 0.1) is 0 Å². The van der Waals surface area contributed by atoms with Crippen molar-refractivity contribution < 1.29 is 23.9 Å². The molecule has 5 aromatic rings. The number of benzene rings is 5. The lowest BCUT2D eigenvalue weighted by Gasteiger charge is -2.13. The van der Waals surface area contributed by atoms with E-state index in [0.717, 1.165) is 22.5 Å². The highest BCUT2D eigenvalue weighted by atomic mass is 16.5. The van der Waals surface area contributed by atoms with Crippen LogP contribution in [0.2, 0.25) is 0 Å². The number of hydrogen-bond donors (Lipinski definition) is 4. The predicted molar refractivity (Wildman–Crippen MR) is 185 cm³/mol. The van der Waals surface area contributed by atoms with Gasteiger partial charge in [-0.3, -0.25) is 19.2 Å². The summed E-state index contributed by atoms with van der Waals surface area (Å²) in [6.07, 6.45) is 0. The molecule has 0 saturated carbocycles. The molecule has 9 heteroatoms. The second kappa shape index (κ2) is 14.3. The SMILES string of the molecule is CNc1ccc(C)c(NC(=O)c2ccc(Oc3ccc(C(=O)Nc4cc(NC(=O)c5cccc(C(C)=O)c5)ccc4C)cc3)cc2)c1. The fourth-order valence-corrected chi connectivity index (χ4v) is 4.70. The third kappa shape index (κ3) is 8.09. The van der Waals surface area contributed by atoms with Crippen LogP contribution in [-0.2, 0) is 0 Å². The van der Waals surface area contributed by atoms with Gasteiger partial charge in [0, 0.05) is 52.1 Å². The number of rotatable bonds is 10. The molecule has 236 valence electrons. The molecule has 0 fully saturated rings. The van der Waals surface area contributed by atoms with Crippen LogP contribution in [0.3, 0.4) is 0 Å². The molecule has 47 heavy (non-hydrogen) atoms. The first-order valence-electron chi connectivity index (χ1n) is 14.9. The summed E-state index contributed by atoms with van der Waals surface area (Å²) in [7, 11) is 1.82. The molecule has 0 unspecified atom stereocenters. The molecule has 3 amide bonds. The third-order valence-electron chi connectivity index (χ3n) is 7.52. The van der Waals surface area contributed by atoms with E-state index in [1.165, 1.54) is 6.92 Å². The van der Waals surface area contributed by atoms with E-state index >= 15 is 0 Å². The van der Waals surface area contributed by atoms with E-state index in [0.29, 0.717) is 45.1 Å². The van der Waals surface area contributed by atoms with Crippen molar-refractivity contribution in [2.24, 2.45) is 0 Å². The van der Waals surface area contributed by atoms with Gasteiger partial charge in [-0.05, 0) is 117 Å². The van der Waals surface area contributed by atoms with Crippen LogP contribution in [0.4, 0.5) is 22.7 Å². The Labute approximate surface area is 273 Å². The molecule has 0 saturated heterocycles. The van der Waals surface area contributed by atoms with E-state index in [1.54, 1.807) is 91.0 Å². The van der Waals surface area contributed by atoms with E-state index in [9.17, 15) is 19.2 Å². The maximum atomic E-state index is 13.1. The molecule has 0 aliphatic rings. The highest BCUT2D eigenvalue weighted by molar-refractivity contribution is 6.08. The highest BCUT2D eigenvalue weighted by Crippen LogP contribution is 2.26. The van der Waals surface area contributed by atoms with Gasteiger partial charge >= 0.3 is 0 Å². The lowest BCUT2D eigenvalue weighted by atomic mass is 10.1. The van der Waals surface area contributed by atoms with Crippen molar-refractivity contribution in [2.75, 3.05) is 28.3 Å². The van der Waals surface area contributed by atoms with Crippen LogP contribution < -0.4 is 26.0 Å². The van der Waals surface area contributed by atoms with Gasteiger partial charge in [-0.2, -0.15) is 0 Å². The van der Waals surface area contributed by atoms with Gasteiger partial charge in [0.15, 0.2) is 5.78 Å². The van der Waals surface area contributed by atoms with Gasteiger partial charge < -0.3 is 26.0 Å². The number of ether oxygens (including phenoxy) is 1. The summed E-state index contributed by atoms with van der Waals surface area (Å²) >= 11 is 0. The number of anilines is 4. The summed E-state index contributed by atoms with van der Waals surface area (Å²) in [4.78, 5) is 50.4. The Hall–Kier alpha value is -6.22. The zero-order valence-corrected chi connectivity index (χ0v) is 26.4. The maximum absolute atomic E-state index is 13.1. The number of carbonyl (C=O) groups is 4. The fourth-order valence-electron chi connectivity index (χ4n) is 4.70. The molecule has 0 aliphatic heterocycles. The third-order valence-corrected chi connectivity index (χ3v) is 7.52. The number of amides is 3. The van der Waals surface area contributed by atoms with Crippen molar-refractivity contribution in [3.63, 3.8) is 0 Å². The molecule has 0 spiro atoms. The molecule has 5 rings (SSSR count). The first kappa shape index (κ1) is 32.2. The van der Waals surface area contributed by atoms with Crippen LogP contribution in [0.5, 0.6) is 11.5 Å². The summed E-state index contributed by atoms with van der Waals surface area (Å²) < 4.78 is 5.93. The number of ketones is 1. The second-order valence-corrected chi connectivity index (χ2v) is 11.0. The minimum absolute atomic E-state index is 0.127. The molecule has 9 nitrogen and oxygen atoms in total. The number of hydrogen-bond acceptors (Lipinski definition) is 6. The summed E-state index contributed by atoms with van der Waals surface area (Å²) in [6.45, 7) is 5.23. The van der Waals surface area contributed by atoms with Crippen molar-refractivity contribution in [1.29, 1.82) is 0 Å². The van der Waals surface area contributed by atoms with Crippen molar-refractivity contribution in [3.05, 3.63) is 143 Å². The number of nitrogens with one attached hydrogen (secondary N) is 4. The smallest absolute Gasteiger partial charge is 0.255 e. The average Bonchev–Trinajstić information content (AvgIpc) is 3.07. The lowest BCUT2D eigenvalue weighted by Crippen LogP contribution is -2.15. The topological polar surface area (TPSA) is 126 Å². The Kier molecular flexibility index (Phi) is 9.76. The predicted octanol–water partition coefficient (Wildman–Crippen LogP) is 8.10. The minimum atomic E-state index is -0.367. The summed E-state index contributed by atoms with van der Waals surface area (Å²) in [5, 5.41) is 11.7. The van der Waals surface area contributed by atoms with Gasteiger partial charge in [-0.15, -0.1) is 0 Å². The van der Waals surface area contributed by atoms with Crippen LogP contribution in [0.25, 0.3) is 0 Å². The Balaban J connectivity index is 1.19. The van der Waals surface area contributed by atoms with Gasteiger partial charge in [0.1, 0.15) is 11.5 Å². The van der Waals surface area contributed by atoms with E-state index in [1.807, 2.05) is 39.1 Å². The molecule has 0 aliphatic carbocycles. The molecule has 0 aromatic heterocycles. The standard InChI is InChI=1S/C38H34N4O5/c1-23-8-14-30(39-4)21-34(23)41-36(44)26-10-16-32(17-11-26)47-33-18-12-27(13-19-33)37(45)42-35-22-31(15-9-24(35)2)40-38(46)29-7-5-6-28(20-29)25(3)43/h5-22,39H,1-4H3,(H,40,46)(H,41,44)(H,42,45). The van der Waals surface area contributed by atoms with Crippen molar-refractivity contribution in [1.82, 2.24) is 0 Å². The second-order valence-electron chi connectivity index (χ2n) is 11.0. The van der Waals surface area contributed by atoms with Crippen molar-refractivity contribution >= 4 is 46.3 Å². The van der Waals surface area contributed by atoms with Crippen molar-refractivity contribution in [2.45, 2.75) is 20.8 Å². The van der Waals surface area contributed by atoms with E-state index in [-0.39, 0.29) is 23.5 Å². The Morgan fingerprint density at radius 1 is 0.511 bits per heavy atom. The maximum Gasteiger partial charge on any atom is 0.255 e. The molecule has 0 bridgehead atoms. The van der Waals surface area contributed by atoms with Gasteiger partial charge in [0.2, 0.25) is 0 Å². The quantitative estimate of drug-likeness (QED) is 0.116. The van der Waals surface area contributed by atoms with Gasteiger partial charge in [-0.25, -0.2) is 0 Å². The van der Waals surface area contributed by atoms with Crippen LogP contribution in [-0.4, -0.2) is 30.6 Å². The molecular weight excluding hydrogens is 592 g/mol. The normalized spacial score (nSPS) is 10.5. The summed E-state index contributed by atoms with van der Waals surface area (Å²) in [6, 6.07) is 30.9. The largest absolute Gasteiger partial charge is 0.457 e. The number of Topliss-reactive ketones (excluding diaryl/α,β-unsaturated/α-hetero) is 1. The Morgan fingerprint density at radius 3 is 1.49 bits per heavy atom. The van der Waals surface area contributed by atoms with Crippen molar-refractivity contribution in [3.8, 4) is 11.5 Å². The minimum Gasteiger partial charge on any atom is -0.457 e. The monoisotopic (exact) mass is 626 g/mol. The summed E-state index contributed by atoms with van der Waals surface area (Å²) in [5.41, 5.74) is 6.14. The highest BCUT2D eigenvalue weighted by Gasteiger charge is 2.13. The van der Waals surface area contributed by atoms with E-state index in [2.05, 4.69) is 21.3 Å². The molecule has 0 radical (unpaired) electrons. The first-order valence-corrected chi connectivity index (χ1v) is 14.9. The molecular formula is C38H34N4O5. The van der Waals surface area contributed by atoms with Crippen LogP contribution >= 0.6 is 0 Å². The molecule has 4 N–H and O–H groups in total. The summed E-state index contributed by atoms with van der Waals surface area (Å²) in [5.74, 6) is 0.00235. The zero-order chi connectivity index (χ0) is 33.5. The van der Waals surface area contributed by atoms with E-state index in [4.69, 9.17) is 4.74 Å². The average molecular weight is 627 g/mol. The number of aryl methyl sites for hydroxylation is 2. The molecule has 0 atom stereocenters. The van der Waals surface area contributed by atoms with E-state index < -0.39 is 0 Å². The van der Waals surface area contributed by atoms with Gasteiger partial charge in [-0.1, -0.05) is 24.3 Å². The zero-order valence-electron chi connectivity index (χ0n) is 26.4. The number of carbonyl (C=O) groups excluding carboxylic acids is 4. The molecule has 5 aromatic carbocycles. The van der Waals surface area contributed by atoms with Crippen LogP contribution in [0.1, 0.15) is 59.5 Å². The van der Waals surface area contributed by atoms with Gasteiger partial charge in [0.25, 0.3) is 17.7 Å². The lowest BCUT2D eigenvalue weighted by molar-refractivity contribution is 0.101. The van der Waals surface area contributed by atoms with Crippen LogP contribution in [0.15, 0.2) is 109 Å². The first-order chi connectivity index (χ1) is 22.6. The Bertz CT molecular complexity index is 1970. The molecule has 0 heterocycles.